The standard InChI is InChI=1S/C25H25FN4O4S.ClH/c26-17-6-1-13(2-7-17)12-30-22-16-5-4-15(10-16)20(22)23(31)21(25(30)32)24-28-18-8-3-14(11-27)9-19(18)35(33,34)29-24;/h1-3,6-9,15-16,20,22,31H,4-5,10-12,27H2,(H,28,29);1H/t15-,16+,20?,22?;/m0./s1. The second kappa shape index (κ2) is 8.86. The molecule has 2 aromatic carbocycles. The summed E-state index contributed by atoms with van der Waals surface area (Å²) in [6.07, 6.45) is 2.83. The maximum absolute atomic E-state index is 13.9. The van der Waals surface area contributed by atoms with Crippen molar-refractivity contribution in [3.63, 3.8) is 0 Å². The molecule has 2 heterocycles. The number of amidine groups is 1. The van der Waals surface area contributed by atoms with E-state index in [4.69, 9.17) is 5.73 Å². The lowest BCUT2D eigenvalue weighted by molar-refractivity contribution is -0.134. The second-order valence-corrected chi connectivity index (χ2v) is 11.3. The average molecular weight is 533 g/mol. The van der Waals surface area contributed by atoms with E-state index in [-0.39, 0.29) is 82.9 Å². The van der Waals surface area contributed by atoms with E-state index in [0.717, 1.165) is 24.8 Å². The van der Waals surface area contributed by atoms with Crippen molar-refractivity contribution in [3.8, 4) is 0 Å². The summed E-state index contributed by atoms with van der Waals surface area (Å²) >= 11 is 0. The van der Waals surface area contributed by atoms with Gasteiger partial charge in [-0.2, -0.15) is 8.42 Å². The highest BCUT2D eigenvalue weighted by atomic mass is 35.5. The van der Waals surface area contributed by atoms with Crippen molar-refractivity contribution in [1.29, 1.82) is 0 Å². The molecule has 4 aliphatic rings. The minimum Gasteiger partial charge on any atom is -0.511 e. The van der Waals surface area contributed by atoms with Gasteiger partial charge in [-0.25, -0.2) is 4.39 Å². The zero-order chi connectivity index (χ0) is 24.5. The first-order valence-electron chi connectivity index (χ1n) is 11.7. The third-order valence-electron chi connectivity index (χ3n) is 7.81. The average Bonchev–Trinajstić information content (AvgIpc) is 3.45. The van der Waals surface area contributed by atoms with Gasteiger partial charge in [0.25, 0.3) is 15.9 Å². The van der Waals surface area contributed by atoms with Crippen molar-refractivity contribution in [2.45, 2.75) is 43.3 Å². The summed E-state index contributed by atoms with van der Waals surface area (Å²) in [6.45, 7) is 0.407. The predicted molar refractivity (Wildman–Crippen MR) is 135 cm³/mol. The number of nitrogens with zero attached hydrogens (tertiary/aromatic N) is 2. The summed E-state index contributed by atoms with van der Waals surface area (Å²) in [5.74, 6) is -0.921. The molecule has 2 fully saturated rings. The second-order valence-electron chi connectivity index (χ2n) is 9.74. The van der Waals surface area contributed by atoms with Crippen LogP contribution < -0.4 is 11.1 Å². The third kappa shape index (κ3) is 3.79. The quantitative estimate of drug-likeness (QED) is 0.553. The van der Waals surface area contributed by atoms with E-state index in [1.807, 2.05) is 0 Å². The number of anilines is 1. The number of aliphatic hydroxyl groups is 1. The number of carbonyl (C=O) groups is 1. The number of amides is 1. The lowest BCUT2D eigenvalue weighted by atomic mass is 9.77. The number of nitrogens with two attached hydrogens (primary N) is 1. The van der Waals surface area contributed by atoms with Gasteiger partial charge in [-0.1, -0.05) is 18.2 Å². The van der Waals surface area contributed by atoms with Crippen LogP contribution in [0, 0.1) is 23.6 Å². The lowest BCUT2D eigenvalue weighted by Crippen LogP contribution is -2.53. The van der Waals surface area contributed by atoms with Crippen LogP contribution in [-0.2, 0) is 27.9 Å². The number of halogens is 2. The number of nitrogens with one attached hydrogen (secondary N) is 1. The molecule has 4 N–H and O–H groups in total. The highest BCUT2D eigenvalue weighted by Crippen LogP contribution is 2.55. The Morgan fingerprint density at radius 2 is 1.81 bits per heavy atom. The van der Waals surface area contributed by atoms with Crippen LogP contribution in [-0.4, -0.2) is 36.2 Å². The zero-order valence-electron chi connectivity index (χ0n) is 19.2. The fourth-order valence-electron chi connectivity index (χ4n) is 6.27. The molecular formula is C25H26ClFN4O4S. The SMILES string of the molecule is Cl.NCc1ccc2c(c1)S(=O)(=O)N=C(C1=C(O)C3C([C@@H]4CC[C@H]3C4)N(Cc3ccc(F)cc3)C1=O)N2. The Labute approximate surface area is 214 Å². The lowest BCUT2D eigenvalue weighted by Gasteiger charge is -2.44. The topological polar surface area (TPSA) is 125 Å². The Morgan fingerprint density at radius 3 is 2.53 bits per heavy atom. The molecule has 2 aliphatic heterocycles. The first kappa shape index (κ1) is 24.7. The van der Waals surface area contributed by atoms with Crippen molar-refractivity contribution in [2.24, 2.45) is 27.9 Å². The van der Waals surface area contributed by atoms with Crippen LogP contribution in [0.3, 0.4) is 0 Å². The molecule has 4 atom stereocenters. The number of carbonyl (C=O) groups excluding carboxylic acids is 1. The van der Waals surface area contributed by atoms with Crippen molar-refractivity contribution >= 4 is 39.9 Å². The van der Waals surface area contributed by atoms with Crippen LogP contribution in [0.2, 0.25) is 0 Å². The fourth-order valence-corrected chi connectivity index (χ4v) is 7.45. The van der Waals surface area contributed by atoms with E-state index in [2.05, 4.69) is 9.71 Å². The Hall–Kier alpha value is -2.95. The molecule has 0 spiro atoms. The van der Waals surface area contributed by atoms with Gasteiger partial charge in [-0.3, -0.25) is 4.79 Å². The van der Waals surface area contributed by atoms with Crippen LogP contribution in [0.4, 0.5) is 10.1 Å². The summed E-state index contributed by atoms with van der Waals surface area (Å²) in [5.41, 5.74) is 7.22. The fraction of sp³-hybridized carbons (Fsp3) is 0.360. The maximum Gasteiger partial charge on any atom is 0.286 e. The third-order valence-corrected chi connectivity index (χ3v) is 9.12. The van der Waals surface area contributed by atoms with Crippen LogP contribution in [0.25, 0.3) is 0 Å². The molecule has 2 aromatic rings. The maximum atomic E-state index is 13.9. The van der Waals surface area contributed by atoms with Gasteiger partial charge in [0.1, 0.15) is 22.0 Å². The van der Waals surface area contributed by atoms with Gasteiger partial charge in [0, 0.05) is 25.0 Å². The van der Waals surface area contributed by atoms with Crippen molar-refractivity contribution < 1.29 is 22.7 Å². The number of hydrogen-bond donors (Lipinski definition) is 3. The van der Waals surface area contributed by atoms with Gasteiger partial charge < -0.3 is 21.1 Å². The monoisotopic (exact) mass is 532 g/mol. The van der Waals surface area contributed by atoms with E-state index < -0.39 is 15.9 Å². The molecule has 2 unspecified atom stereocenters. The number of rotatable bonds is 4. The predicted octanol–water partition coefficient (Wildman–Crippen LogP) is 3.49. The first-order chi connectivity index (χ1) is 16.8. The number of fused-ring (bicyclic) bond motifs is 6. The van der Waals surface area contributed by atoms with E-state index in [1.165, 1.54) is 18.2 Å². The molecule has 6 rings (SSSR count). The molecule has 8 nitrogen and oxygen atoms in total. The highest BCUT2D eigenvalue weighted by molar-refractivity contribution is 7.90. The van der Waals surface area contributed by atoms with Gasteiger partial charge in [0.15, 0.2) is 5.84 Å². The minimum atomic E-state index is -4.12. The molecule has 0 aromatic heterocycles. The molecule has 2 saturated carbocycles. The first-order valence-corrected chi connectivity index (χ1v) is 13.1. The van der Waals surface area contributed by atoms with Crippen LogP contribution >= 0.6 is 12.4 Å². The van der Waals surface area contributed by atoms with E-state index >= 15 is 0 Å². The Kier molecular flexibility index (Phi) is 6.09. The Bertz CT molecular complexity index is 1410. The number of aliphatic hydroxyl groups excluding tert-OH is 1. The molecule has 1 amide bonds. The molecule has 190 valence electrons. The Balaban J connectivity index is 0.00000267. The van der Waals surface area contributed by atoms with E-state index in [0.29, 0.717) is 5.56 Å². The van der Waals surface area contributed by atoms with Crippen LogP contribution in [0.15, 0.2) is 63.1 Å². The highest BCUT2D eigenvalue weighted by Gasteiger charge is 2.57. The number of benzene rings is 2. The van der Waals surface area contributed by atoms with Gasteiger partial charge in [-0.15, -0.1) is 16.8 Å². The van der Waals surface area contributed by atoms with E-state index in [1.54, 1.807) is 29.2 Å². The number of sulfonamides is 1. The number of hydrogen-bond acceptors (Lipinski definition) is 6. The zero-order valence-corrected chi connectivity index (χ0v) is 20.9. The van der Waals surface area contributed by atoms with Gasteiger partial charge in [0.05, 0.1) is 5.69 Å². The minimum absolute atomic E-state index is 0. The summed E-state index contributed by atoms with van der Waals surface area (Å²) in [5, 5.41) is 14.3. The summed E-state index contributed by atoms with van der Waals surface area (Å²) in [6, 6.07) is 10.5. The molecule has 0 saturated heterocycles. The van der Waals surface area contributed by atoms with Gasteiger partial charge in [-0.05, 0) is 66.5 Å². The van der Waals surface area contributed by atoms with Crippen molar-refractivity contribution in [2.75, 3.05) is 5.32 Å². The van der Waals surface area contributed by atoms with E-state index in [9.17, 15) is 22.7 Å². The summed E-state index contributed by atoms with van der Waals surface area (Å²) < 4.78 is 43.4. The molecule has 11 heteroatoms. The molecule has 2 bridgehead atoms. The normalized spacial score (nSPS) is 27.7. The van der Waals surface area contributed by atoms with Crippen molar-refractivity contribution in [1.82, 2.24) is 4.90 Å². The molecule has 36 heavy (non-hydrogen) atoms. The largest absolute Gasteiger partial charge is 0.511 e. The molecule has 2 aliphatic carbocycles. The molecule has 0 radical (unpaired) electrons. The van der Waals surface area contributed by atoms with Crippen molar-refractivity contribution in [3.05, 3.63) is 70.7 Å². The summed E-state index contributed by atoms with van der Waals surface area (Å²) in [4.78, 5) is 15.5. The molecular weight excluding hydrogens is 507 g/mol. The van der Waals surface area contributed by atoms with Crippen LogP contribution in [0.1, 0.15) is 30.4 Å². The smallest absolute Gasteiger partial charge is 0.286 e. The van der Waals surface area contributed by atoms with Crippen LogP contribution in [0.5, 0.6) is 0 Å². The summed E-state index contributed by atoms with van der Waals surface area (Å²) in [7, 11) is -4.12. The van der Waals surface area contributed by atoms with Gasteiger partial charge in [0.2, 0.25) is 0 Å². The Morgan fingerprint density at radius 1 is 1.11 bits per heavy atom. The van der Waals surface area contributed by atoms with Gasteiger partial charge >= 0.3 is 0 Å².